The molecule has 0 spiro atoms. The number of amides is 1. The third-order valence-corrected chi connectivity index (χ3v) is 6.48. The zero-order chi connectivity index (χ0) is 15.6. The van der Waals surface area contributed by atoms with Crippen LogP contribution in [0.3, 0.4) is 0 Å². The first kappa shape index (κ1) is 16.2. The summed E-state index contributed by atoms with van der Waals surface area (Å²) in [4.78, 5) is 14.7. The number of hydrogen-bond donors (Lipinski definition) is 1. The van der Waals surface area contributed by atoms with Gasteiger partial charge in [-0.3, -0.25) is 4.79 Å². The van der Waals surface area contributed by atoms with Crippen LogP contribution in [0, 0.1) is 6.92 Å². The lowest BCUT2D eigenvalue weighted by Crippen LogP contribution is -2.38. The molecule has 2 rings (SSSR count). The number of thioether (sulfide) groups is 1. The third kappa shape index (κ3) is 4.14. The molecule has 0 radical (unpaired) electrons. The van der Waals surface area contributed by atoms with Gasteiger partial charge >= 0.3 is 0 Å². The Hall–Kier alpha value is -1.21. The highest BCUT2D eigenvalue weighted by atomic mass is 32.2. The second-order valence-corrected chi connectivity index (χ2v) is 8.65. The van der Waals surface area contributed by atoms with Crippen LogP contribution in [0.2, 0.25) is 0 Å². The van der Waals surface area contributed by atoms with Gasteiger partial charge < -0.3 is 10.6 Å². The van der Waals surface area contributed by atoms with Gasteiger partial charge in [0.1, 0.15) is 0 Å². The van der Waals surface area contributed by atoms with Gasteiger partial charge in [0.15, 0.2) is 9.84 Å². The number of nitrogens with zero attached hydrogens (tertiary/aromatic N) is 1. The molecule has 5 nitrogen and oxygen atoms in total. The summed E-state index contributed by atoms with van der Waals surface area (Å²) in [6, 6.07) is 5.49. The molecule has 116 valence electrons. The Morgan fingerprint density at radius 1 is 1.48 bits per heavy atom. The molecule has 21 heavy (non-hydrogen) atoms. The van der Waals surface area contributed by atoms with E-state index in [1.165, 1.54) is 11.8 Å². The van der Waals surface area contributed by atoms with Crippen molar-refractivity contribution in [1.29, 1.82) is 0 Å². The molecule has 0 aliphatic carbocycles. The predicted octanol–water partition coefficient (Wildman–Crippen LogP) is 1.31. The Balaban J connectivity index is 1.91. The first-order valence-corrected chi connectivity index (χ1v) is 9.54. The van der Waals surface area contributed by atoms with Crippen LogP contribution >= 0.6 is 11.8 Å². The molecule has 1 aliphatic heterocycles. The van der Waals surface area contributed by atoms with E-state index < -0.39 is 9.84 Å². The highest BCUT2D eigenvalue weighted by molar-refractivity contribution is 8.00. The lowest BCUT2D eigenvalue weighted by Gasteiger charge is -2.23. The van der Waals surface area contributed by atoms with Crippen molar-refractivity contribution in [1.82, 2.24) is 4.90 Å². The number of anilines is 1. The molecular formula is C14H20N2O3S2. The minimum atomic E-state index is -2.97. The maximum Gasteiger partial charge on any atom is 0.232 e. The summed E-state index contributed by atoms with van der Waals surface area (Å²) in [5.74, 6) is 0.522. The van der Waals surface area contributed by atoms with Crippen LogP contribution in [0.4, 0.5) is 5.69 Å². The molecule has 1 aromatic rings. The van der Waals surface area contributed by atoms with E-state index in [4.69, 9.17) is 5.73 Å². The van der Waals surface area contributed by atoms with Gasteiger partial charge in [-0.05, 0) is 37.1 Å². The Labute approximate surface area is 129 Å². The number of hydrogen-bond acceptors (Lipinski definition) is 5. The molecule has 1 atom stereocenters. The van der Waals surface area contributed by atoms with Crippen LogP contribution in [0.25, 0.3) is 0 Å². The monoisotopic (exact) mass is 328 g/mol. The molecular weight excluding hydrogens is 308 g/mol. The maximum absolute atomic E-state index is 12.2. The zero-order valence-electron chi connectivity index (χ0n) is 12.2. The molecule has 2 N–H and O–H groups in total. The number of sulfone groups is 1. The number of nitrogen functional groups attached to an aromatic ring is 1. The Morgan fingerprint density at radius 3 is 2.76 bits per heavy atom. The molecule has 0 saturated carbocycles. The number of nitrogens with two attached hydrogens (primary N) is 1. The number of carbonyl (C=O) groups is 1. The summed E-state index contributed by atoms with van der Waals surface area (Å²) in [7, 11) is -1.28. The molecule has 1 heterocycles. The Morgan fingerprint density at radius 2 is 2.19 bits per heavy atom. The Bertz CT molecular complexity index is 644. The van der Waals surface area contributed by atoms with Crippen LogP contribution < -0.4 is 5.73 Å². The van der Waals surface area contributed by atoms with E-state index in [2.05, 4.69) is 0 Å². The lowest BCUT2D eigenvalue weighted by atomic mass is 10.2. The minimum Gasteiger partial charge on any atom is -0.399 e. The van der Waals surface area contributed by atoms with E-state index in [1.54, 1.807) is 11.9 Å². The second-order valence-electron chi connectivity index (χ2n) is 5.37. The van der Waals surface area contributed by atoms with Crippen molar-refractivity contribution in [3.63, 3.8) is 0 Å². The average molecular weight is 328 g/mol. The van der Waals surface area contributed by atoms with Gasteiger partial charge in [0.25, 0.3) is 0 Å². The first-order valence-electron chi connectivity index (χ1n) is 6.73. The van der Waals surface area contributed by atoms with Crippen molar-refractivity contribution in [2.24, 2.45) is 0 Å². The van der Waals surface area contributed by atoms with Crippen LogP contribution in [0.15, 0.2) is 23.1 Å². The van der Waals surface area contributed by atoms with Crippen LogP contribution in [-0.2, 0) is 14.6 Å². The maximum atomic E-state index is 12.2. The fourth-order valence-corrected chi connectivity index (χ4v) is 4.96. The fraction of sp³-hybridized carbons (Fsp3) is 0.500. The van der Waals surface area contributed by atoms with E-state index in [1.807, 2.05) is 25.1 Å². The second kappa shape index (κ2) is 6.27. The van der Waals surface area contributed by atoms with Gasteiger partial charge in [-0.1, -0.05) is 0 Å². The van der Waals surface area contributed by atoms with Gasteiger partial charge in [0, 0.05) is 23.7 Å². The van der Waals surface area contributed by atoms with Gasteiger partial charge in [-0.2, -0.15) is 0 Å². The van der Waals surface area contributed by atoms with Gasteiger partial charge in [0.05, 0.1) is 17.3 Å². The molecule has 1 fully saturated rings. The molecule has 0 aromatic heterocycles. The third-order valence-electron chi connectivity index (χ3n) is 3.75. The van der Waals surface area contributed by atoms with Gasteiger partial charge in [-0.15, -0.1) is 11.8 Å². The van der Waals surface area contributed by atoms with Crippen molar-refractivity contribution in [2.75, 3.05) is 30.0 Å². The highest BCUT2D eigenvalue weighted by Gasteiger charge is 2.32. The van der Waals surface area contributed by atoms with E-state index in [0.717, 1.165) is 16.1 Å². The van der Waals surface area contributed by atoms with E-state index in [-0.39, 0.29) is 23.5 Å². The summed E-state index contributed by atoms with van der Waals surface area (Å²) < 4.78 is 22.9. The lowest BCUT2D eigenvalue weighted by molar-refractivity contribution is -0.128. The largest absolute Gasteiger partial charge is 0.399 e. The zero-order valence-corrected chi connectivity index (χ0v) is 13.8. The standard InChI is InChI=1S/C14H20N2O3S2/c1-10-7-12(3-4-13(10)15)20-8-14(17)16(2)11-5-6-21(18,19)9-11/h3-4,7,11H,5-6,8-9,15H2,1-2H3. The molecule has 1 saturated heterocycles. The van der Waals surface area contributed by atoms with Crippen molar-refractivity contribution >= 4 is 33.2 Å². The molecule has 1 unspecified atom stereocenters. The smallest absolute Gasteiger partial charge is 0.232 e. The summed E-state index contributed by atoms with van der Waals surface area (Å²) in [6.45, 7) is 1.93. The summed E-state index contributed by atoms with van der Waals surface area (Å²) in [5, 5.41) is 0. The predicted molar refractivity (Wildman–Crippen MR) is 86.1 cm³/mol. The topological polar surface area (TPSA) is 80.5 Å². The van der Waals surface area contributed by atoms with Gasteiger partial charge in [-0.25, -0.2) is 8.42 Å². The fourth-order valence-electron chi connectivity index (χ4n) is 2.27. The molecule has 7 heteroatoms. The quantitative estimate of drug-likeness (QED) is 0.666. The number of rotatable bonds is 4. The Kier molecular flexibility index (Phi) is 4.83. The number of aryl methyl sites for hydroxylation is 1. The van der Waals surface area contributed by atoms with Gasteiger partial charge in [0.2, 0.25) is 5.91 Å². The summed E-state index contributed by atoms with van der Waals surface area (Å²) in [5.41, 5.74) is 7.48. The van der Waals surface area contributed by atoms with E-state index >= 15 is 0 Å². The van der Waals surface area contributed by atoms with Crippen molar-refractivity contribution < 1.29 is 13.2 Å². The van der Waals surface area contributed by atoms with Crippen LogP contribution in [0.5, 0.6) is 0 Å². The van der Waals surface area contributed by atoms with Crippen molar-refractivity contribution in [3.8, 4) is 0 Å². The molecule has 0 bridgehead atoms. The first-order chi connectivity index (χ1) is 9.78. The number of carbonyl (C=O) groups excluding carboxylic acids is 1. The molecule has 1 amide bonds. The van der Waals surface area contributed by atoms with Crippen molar-refractivity contribution in [2.45, 2.75) is 24.3 Å². The summed E-state index contributed by atoms with van der Waals surface area (Å²) >= 11 is 1.44. The van der Waals surface area contributed by atoms with Crippen LogP contribution in [-0.4, -0.2) is 49.6 Å². The number of benzene rings is 1. The normalized spacial score (nSPS) is 20.4. The van der Waals surface area contributed by atoms with E-state index in [0.29, 0.717) is 12.2 Å². The van der Waals surface area contributed by atoms with E-state index in [9.17, 15) is 13.2 Å². The average Bonchev–Trinajstić information content (AvgIpc) is 2.79. The highest BCUT2D eigenvalue weighted by Crippen LogP contribution is 2.24. The van der Waals surface area contributed by atoms with Crippen molar-refractivity contribution in [3.05, 3.63) is 23.8 Å². The SMILES string of the molecule is Cc1cc(SCC(=O)N(C)C2CCS(=O)(=O)C2)ccc1N. The molecule has 1 aromatic carbocycles. The summed E-state index contributed by atoms with van der Waals surface area (Å²) in [6.07, 6.45) is 0.538. The molecule has 1 aliphatic rings. The van der Waals surface area contributed by atoms with Crippen LogP contribution in [0.1, 0.15) is 12.0 Å². The minimum absolute atomic E-state index is 0.0448.